The molecule has 1 aliphatic heterocycles. The van der Waals surface area contributed by atoms with Crippen LogP contribution in [0.5, 0.6) is 0 Å². The van der Waals surface area contributed by atoms with Crippen LogP contribution in [0.4, 0.5) is 0 Å². The van der Waals surface area contributed by atoms with Crippen molar-refractivity contribution in [3.05, 3.63) is 24.3 Å². The third-order valence-electron chi connectivity index (χ3n) is 3.55. The highest BCUT2D eigenvalue weighted by Gasteiger charge is 2.23. The maximum atomic E-state index is 11.5. The lowest BCUT2D eigenvalue weighted by Crippen LogP contribution is -2.48. The summed E-state index contributed by atoms with van der Waals surface area (Å²) in [6.07, 6.45) is 1.26. The molecule has 108 valence electrons. The van der Waals surface area contributed by atoms with Crippen LogP contribution in [-0.4, -0.2) is 65.1 Å². The van der Waals surface area contributed by atoms with Gasteiger partial charge in [0.1, 0.15) is 5.52 Å². The van der Waals surface area contributed by atoms with E-state index in [0.29, 0.717) is 32.8 Å². The van der Waals surface area contributed by atoms with E-state index in [2.05, 4.69) is 15.2 Å². The van der Waals surface area contributed by atoms with E-state index >= 15 is 0 Å². The summed E-state index contributed by atoms with van der Waals surface area (Å²) in [6.45, 7) is 3.12. The SMILES string of the molecule is CS(=O)(=O)N1CCN(Cn2nnc3ccccc32)CC1. The van der Waals surface area contributed by atoms with E-state index in [1.807, 2.05) is 28.9 Å². The minimum Gasteiger partial charge on any atom is -0.282 e. The highest BCUT2D eigenvalue weighted by molar-refractivity contribution is 7.88. The van der Waals surface area contributed by atoms with Crippen molar-refractivity contribution < 1.29 is 8.42 Å². The minimum atomic E-state index is -3.07. The highest BCUT2D eigenvalue weighted by Crippen LogP contribution is 2.12. The first-order chi connectivity index (χ1) is 9.54. The first kappa shape index (κ1) is 13.5. The van der Waals surface area contributed by atoms with Crippen LogP contribution < -0.4 is 0 Å². The fourth-order valence-corrected chi connectivity index (χ4v) is 3.24. The number of benzene rings is 1. The molecule has 20 heavy (non-hydrogen) atoms. The van der Waals surface area contributed by atoms with E-state index in [4.69, 9.17) is 0 Å². The molecule has 3 rings (SSSR count). The molecule has 0 amide bonds. The topological polar surface area (TPSA) is 71.3 Å². The number of hydrogen-bond donors (Lipinski definition) is 0. The molecular weight excluding hydrogens is 278 g/mol. The number of hydrogen-bond acceptors (Lipinski definition) is 5. The first-order valence-electron chi connectivity index (χ1n) is 6.50. The van der Waals surface area contributed by atoms with E-state index in [-0.39, 0.29) is 0 Å². The quantitative estimate of drug-likeness (QED) is 0.795. The van der Waals surface area contributed by atoms with Crippen LogP contribution in [0.2, 0.25) is 0 Å². The second kappa shape index (κ2) is 5.12. The van der Waals surface area contributed by atoms with E-state index < -0.39 is 10.0 Å². The zero-order valence-electron chi connectivity index (χ0n) is 11.3. The van der Waals surface area contributed by atoms with Gasteiger partial charge in [-0.05, 0) is 12.1 Å². The summed E-state index contributed by atoms with van der Waals surface area (Å²) in [5.74, 6) is 0. The second-order valence-electron chi connectivity index (χ2n) is 5.00. The standard InChI is InChI=1S/C12H17N5O2S/c1-20(18,19)16-8-6-15(7-9-16)10-17-12-5-3-2-4-11(12)13-14-17/h2-5H,6-10H2,1H3. The Labute approximate surface area is 117 Å². The third-order valence-corrected chi connectivity index (χ3v) is 4.86. The molecule has 0 bridgehead atoms. The van der Waals surface area contributed by atoms with Crippen LogP contribution >= 0.6 is 0 Å². The van der Waals surface area contributed by atoms with E-state index in [0.717, 1.165) is 11.0 Å². The van der Waals surface area contributed by atoms with Crippen LogP contribution in [0, 0.1) is 0 Å². The predicted octanol–water partition coefficient (Wildman–Crippen LogP) is -0.0340. The Bertz CT molecular complexity index is 703. The number of piperazine rings is 1. The zero-order valence-corrected chi connectivity index (χ0v) is 12.1. The first-order valence-corrected chi connectivity index (χ1v) is 8.34. The molecule has 0 atom stereocenters. The van der Waals surface area contributed by atoms with Crippen LogP contribution in [0.1, 0.15) is 0 Å². The van der Waals surface area contributed by atoms with Gasteiger partial charge in [0.15, 0.2) is 0 Å². The Hall–Kier alpha value is -1.51. The minimum absolute atomic E-state index is 0.533. The Balaban J connectivity index is 1.68. The van der Waals surface area contributed by atoms with Gasteiger partial charge in [-0.1, -0.05) is 17.3 Å². The summed E-state index contributed by atoms with van der Waals surface area (Å²) in [6, 6.07) is 7.82. The Morgan fingerprint density at radius 1 is 1.15 bits per heavy atom. The van der Waals surface area contributed by atoms with Crippen LogP contribution in [0.25, 0.3) is 11.0 Å². The molecule has 0 radical (unpaired) electrons. The molecule has 0 saturated carbocycles. The molecule has 8 heteroatoms. The smallest absolute Gasteiger partial charge is 0.211 e. The average molecular weight is 295 g/mol. The van der Waals surface area contributed by atoms with Crippen LogP contribution in [-0.2, 0) is 16.7 Å². The number of sulfonamides is 1. The van der Waals surface area contributed by atoms with Crippen LogP contribution in [0.3, 0.4) is 0 Å². The Morgan fingerprint density at radius 3 is 2.55 bits per heavy atom. The molecule has 1 aliphatic rings. The largest absolute Gasteiger partial charge is 0.282 e. The van der Waals surface area contributed by atoms with Gasteiger partial charge >= 0.3 is 0 Å². The summed E-state index contributed by atoms with van der Waals surface area (Å²) in [5, 5.41) is 8.27. The van der Waals surface area contributed by atoms with Crippen molar-refractivity contribution in [1.29, 1.82) is 0 Å². The number of fused-ring (bicyclic) bond motifs is 1. The van der Waals surface area contributed by atoms with Gasteiger partial charge in [-0.3, -0.25) is 4.90 Å². The van der Waals surface area contributed by atoms with Gasteiger partial charge in [0.25, 0.3) is 0 Å². The number of rotatable bonds is 3. The van der Waals surface area contributed by atoms with E-state index in [9.17, 15) is 8.42 Å². The lowest BCUT2D eigenvalue weighted by atomic mass is 10.3. The lowest BCUT2D eigenvalue weighted by molar-refractivity contribution is 0.147. The monoisotopic (exact) mass is 295 g/mol. The molecule has 2 aromatic rings. The highest BCUT2D eigenvalue weighted by atomic mass is 32.2. The summed E-state index contributed by atoms with van der Waals surface area (Å²) >= 11 is 0. The molecule has 0 unspecified atom stereocenters. The van der Waals surface area contributed by atoms with Gasteiger partial charge in [0.05, 0.1) is 18.4 Å². The van der Waals surface area contributed by atoms with Crippen molar-refractivity contribution >= 4 is 21.1 Å². The van der Waals surface area contributed by atoms with E-state index in [1.54, 1.807) is 0 Å². The normalized spacial score (nSPS) is 18.6. The summed E-state index contributed by atoms with van der Waals surface area (Å²) in [4.78, 5) is 2.18. The summed E-state index contributed by atoms with van der Waals surface area (Å²) in [5.41, 5.74) is 1.88. The third kappa shape index (κ3) is 2.67. The molecular formula is C12H17N5O2S. The summed E-state index contributed by atoms with van der Waals surface area (Å²) < 4.78 is 26.3. The van der Waals surface area contributed by atoms with Gasteiger partial charge in [-0.2, -0.15) is 4.31 Å². The van der Waals surface area contributed by atoms with E-state index in [1.165, 1.54) is 10.6 Å². The Morgan fingerprint density at radius 2 is 1.85 bits per heavy atom. The number of aromatic nitrogens is 3. The number of para-hydroxylation sites is 1. The van der Waals surface area contributed by atoms with Gasteiger partial charge in [-0.25, -0.2) is 13.1 Å². The maximum absolute atomic E-state index is 11.5. The Kier molecular flexibility index (Phi) is 3.45. The summed E-state index contributed by atoms with van der Waals surface area (Å²) in [7, 11) is -3.07. The molecule has 1 aromatic carbocycles. The van der Waals surface area contributed by atoms with Crippen molar-refractivity contribution in [3.8, 4) is 0 Å². The van der Waals surface area contributed by atoms with Crippen molar-refractivity contribution in [2.45, 2.75) is 6.67 Å². The maximum Gasteiger partial charge on any atom is 0.211 e. The molecule has 7 nitrogen and oxygen atoms in total. The van der Waals surface area contributed by atoms with Crippen molar-refractivity contribution in [2.75, 3.05) is 32.4 Å². The fourth-order valence-electron chi connectivity index (χ4n) is 2.41. The molecule has 0 N–H and O–H groups in total. The second-order valence-corrected chi connectivity index (χ2v) is 6.98. The fraction of sp³-hybridized carbons (Fsp3) is 0.500. The van der Waals surface area contributed by atoms with Gasteiger partial charge < -0.3 is 0 Å². The van der Waals surface area contributed by atoms with Crippen molar-refractivity contribution in [2.24, 2.45) is 0 Å². The predicted molar refractivity (Wildman–Crippen MR) is 75.5 cm³/mol. The van der Waals surface area contributed by atoms with Crippen molar-refractivity contribution in [1.82, 2.24) is 24.2 Å². The number of nitrogens with zero attached hydrogens (tertiary/aromatic N) is 5. The molecule has 1 fully saturated rings. The van der Waals surface area contributed by atoms with Gasteiger partial charge in [0.2, 0.25) is 10.0 Å². The lowest BCUT2D eigenvalue weighted by Gasteiger charge is -2.32. The molecule has 1 aromatic heterocycles. The van der Waals surface area contributed by atoms with Gasteiger partial charge in [0, 0.05) is 26.2 Å². The zero-order chi connectivity index (χ0) is 14.2. The molecule has 0 spiro atoms. The molecule has 0 aliphatic carbocycles. The van der Waals surface area contributed by atoms with Crippen LogP contribution in [0.15, 0.2) is 24.3 Å². The molecule has 1 saturated heterocycles. The molecule has 2 heterocycles. The van der Waals surface area contributed by atoms with Gasteiger partial charge in [-0.15, -0.1) is 5.10 Å². The average Bonchev–Trinajstić information content (AvgIpc) is 2.82. The van der Waals surface area contributed by atoms with Crippen molar-refractivity contribution in [3.63, 3.8) is 0 Å².